The second-order valence-corrected chi connectivity index (χ2v) is 19.5. The molecule has 0 aromatic heterocycles. The molecule has 366 valence electrons. The Balaban J connectivity index is 1.71. The molecule has 1 saturated carbocycles. The number of ether oxygens (including phenoxy) is 5. The number of hydrogen-bond acceptors (Lipinski definition) is 13. The average Bonchev–Trinajstić information content (AvgIpc) is 3.28. The third-order valence-electron chi connectivity index (χ3n) is 14.3. The highest BCUT2D eigenvalue weighted by Gasteiger charge is 2.53. The van der Waals surface area contributed by atoms with Crippen LogP contribution in [0.1, 0.15) is 130 Å². The van der Waals surface area contributed by atoms with Crippen molar-refractivity contribution in [2.45, 2.75) is 180 Å². The monoisotopic (exact) mass is 917 g/mol. The molecule has 3 fully saturated rings. The Morgan fingerprint density at radius 3 is 2.32 bits per heavy atom. The fourth-order valence-electron chi connectivity index (χ4n) is 9.99. The first-order valence-corrected chi connectivity index (χ1v) is 23.7. The maximum Gasteiger partial charge on any atom is 0.329 e. The minimum absolute atomic E-state index is 0.00611. The summed E-state index contributed by atoms with van der Waals surface area (Å²) in [4.78, 5) is 71.9. The lowest BCUT2D eigenvalue weighted by Gasteiger charge is -2.42. The van der Waals surface area contributed by atoms with Gasteiger partial charge in [0, 0.05) is 58.4 Å². The van der Waals surface area contributed by atoms with Gasteiger partial charge in [-0.15, -0.1) is 0 Å². The number of amides is 1. The minimum Gasteiger partial charge on any atom is -0.460 e. The van der Waals surface area contributed by atoms with Gasteiger partial charge in [0.1, 0.15) is 30.1 Å². The third kappa shape index (κ3) is 14.3. The number of carbonyl (C=O) groups excluding carboxylic acids is 5. The van der Waals surface area contributed by atoms with Crippen molar-refractivity contribution in [3.63, 3.8) is 0 Å². The first-order chi connectivity index (χ1) is 31.9. The van der Waals surface area contributed by atoms with Crippen LogP contribution in [0.2, 0.25) is 0 Å². The molecule has 0 aromatic rings. The van der Waals surface area contributed by atoms with Crippen molar-refractivity contribution in [1.29, 1.82) is 0 Å². The van der Waals surface area contributed by atoms with E-state index in [1.54, 1.807) is 40.9 Å². The highest BCUT2D eigenvalue weighted by Crippen LogP contribution is 2.38. The molecule has 14 heteroatoms. The predicted molar refractivity (Wildman–Crippen MR) is 245 cm³/mol. The lowest BCUT2D eigenvalue weighted by Crippen LogP contribution is -2.61. The zero-order valence-electron chi connectivity index (χ0n) is 43.1. The number of ketones is 3. The Kier molecular flexibility index (Phi) is 19.1. The molecule has 3 aliphatic heterocycles. The molecular formula is C51H79NO13. The number of aliphatic hydroxyl groups excluding tert-OH is 2. The molecule has 3 heterocycles. The van der Waals surface area contributed by atoms with E-state index in [2.05, 4.69) is 0 Å². The quantitative estimate of drug-likeness (QED) is 0.155. The number of rotatable bonds is 6. The lowest BCUT2D eigenvalue weighted by atomic mass is 9.78. The van der Waals surface area contributed by atoms with E-state index in [1.165, 1.54) is 7.11 Å². The van der Waals surface area contributed by atoms with Crippen molar-refractivity contribution in [1.82, 2.24) is 4.90 Å². The number of cyclic esters (lactones) is 1. The van der Waals surface area contributed by atoms with Crippen LogP contribution in [0.25, 0.3) is 0 Å². The number of piperidine rings is 1. The van der Waals surface area contributed by atoms with Gasteiger partial charge in [0.15, 0.2) is 5.78 Å². The minimum atomic E-state index is -2.72. The number of hydrogen-bond donors (Lipinski definition) is 3. The van der Waals surface area contributed by atoms with Crippen LogP contribution >= 0.6 is 0 Å². The molecular weight excluding hydrogens is 835 g/mol. The second-order valence-electron chi connectivity index (χ2n) is 19.5. The molecule has 0 spiro atoms. The van der Waals surface area contributed by atoms with Gasteiger partial charge in [-0.2, -0.15) is 0 Å². The fraction of sp³-hybridized carbons (Fsp3) is 0.745. The zero-order chi connectivity index (χ0) is 50.7. The molecule has 3 N–H and O–H groups in total. The Morgan fingerprint density at radius 1 is 0.892 bits per heavy atom. The van der Waals surface area contributed by atoms with Crippen molar-refractivity contribution in [2.24, 2.45) is 35.5 Å². The van der Waals surface area contributed by atoms with Crippen LogP contribution in [0.3, 0.4) is 0 Å². The molecule has 0 radical (unpaired) electrons. The van der Waals surface area contributed by atoms with Crippen LogP contribution in [0.5, 0.6) is 0 Å². The van der Waals surface area contributed by atoms with Gasteiger partial charge in [0.2, 0.25) is 5.79 Å². The number of esters is 1. The highest BCUT2D eigenvalue weighted by molar-refractivity contribution is 6.39. The van der Waals surface area contributed by atoms with Gasteiger partial charge < -0.3 is 43.9 Å². The fourth-order valence-corrected chi connectivity index (χ4v) is 9.99. The van der Waals surface area contributed by atoms with E-state index in [0.717, 1.165) is 10.5 Å². The number of methoxy groups -OCH3 is 3. The van der Waals surface area contributed by atoms with Crippen molar-refractivity contribution >= 4 is 29.2 Å². The van der Waals surface area contributed by atoms with E-state index < -0.39 is 103 Å². The predicted octanol–water partition coefficient (Wildman–Crippen LogP) is 6.18. The van der Waals surface area contributed by atoms with E-state index in [9.17, 15) is 39.3 Å². The van der Waals surface area contributed by atoms with Crippen LogP contribution < -0.4 is 0 Å². The maximum atomic E-state index is 14.4. The smallest absolute Gasteiger partial charge is 0.329 e. The van der Waals surface area contributed by atoms with Crippen LogP contribution in [-0.4, -0.2) is 132 Å². The molecule has 65 heavy (non-hydrogen) atoms. The van der Waals surface area contributed by atoms with Crippen LogP contribution in [0.4, 0.5) is 0 Å². The van der Waals surface area contributed by atoms with E-state index >= 15 is 0 Å². The first kappa shape index (κ1) is 49.5. The second kappa shape index (κ2) is 25.1. The first-order valence-electron chi connectivity index (χ1n) is 25.2. The topological polar surface area (TPSA) is 195 Å². The number of allylic oxidation sites excluding steroid dienone is 6. The number of nitrogens with zero attached hydrogens (tertiary/aromatic N) is 1. The summed E-state index contributed by atoms with van der Waals surface area (Å²) in [6, 6.07) is -1.21. The Bertz CT molecular complexity index is 1870. The molecule has 15 atom stereocenters. The van der Waals surface area contributed by atoms with E-state index in [1.807, 2.05) is 51.2 Å². The number of fused-ring (bicyclic) bond motifs is 3. The summed E-state index contributed by atoms with van der Waals surface area (Å²) in [5, 5.41) is 34.0. The largest absolute Gasteiger partial charge is 0.460 e. The van der Waals surface area contributed by atoms with Crippen molar-refractivity contribution in [3.8, 4) is 0 Å². The van der Waals surface area contributed by atoms with Crippen LogP contribution in [-0.2, 0) is 47.7 Å². The summed E-state index contributed by atoms with van der Waals surface area (Å²) in [6.45, 7) is 12.4. The van der Waals surface area contributed by atoms with E-state index in [4.69, 9.17) is 27.8 Å². The van der Waals surface area contributed by atoms with Gasteiger partial charge in [-0.1, -0.05) is 71.1 Å². The molecule has 2 bridgehead atoms. The zero-order valence-corrected chi connectivity index (χ0v) is 40.1. The number of Topliss-reactive ketones (excluding diaryl/α,β-unsaturated/α-hetero) is 3. The van der Waals surface area contributed by atoms with Crippen LogP contribution in [0.15, 0.2) is 47.6 Å². The molecule has 2 saturated heterocycles. The summed E-state index contributed by atoms with van der Waals surface area (Å²) in [5.41, 5.74) is 1.20. The highest BCUT2D eigenvalue weighted by atomic mass is 16.6. The molecule has 4 rings (SSSR count). The van der Waals surface area contributed by atoms with Gasteiger partial charge in [0.05, 0.1) is 28.5 Å². The molecule has 1 aliphatic carbocycles. The van der Waals surface area contributed by atoms with Gasteiger partial charge in [-0.05, 0) is 107 Å². The molecule has 4 aliphatic rings. The van der Waals surface area contributed by atoms with E-state index in [0.29, 0.717) is 56.9 Å². The average molecular weight is 917 g/mol. The lowest BCUT2D eigenvalue weighted by molar-refractivity contribution is -0.265. The Hall–Kier alpha value is -3.37. The summed E-state index contributed by atoms with van der Waals surface area (Å²) in [6.07, 6.45) is 8.41. The molecule has 0 unspecified atom stereocenters. The number of carbonyl (C=O) groups is 5. The summed E-state index contributed by atoms with van der Waals surface area (Å²) >= 11 is 0. The Labute approximate surface area is 391 Å². The van der Waals surface area contributed by atoms with Gasteiger partial charge >= 0.3 is 5.97 Å². The van der Waals surface area contributed by atoms with E-state index in [-0.39, 0.29) is 55.6 Å². The molecule has 14 nitrogen and oxygen atoms in total. The van der Waals surface area contributed by atoms with Crippen molar-refractivity contribution in [3.05, 3.63) is 47.6 Å². The van der Waals surface area contributed by atoms with Gasteiger partial charge in [-0.3, -0.25) is 19.2 Å². The summed E-state index contributed by atoms with van der Waals surface area (Å²) < 4.78 is 51.8. The van der Waals surface area contributed by atoms with Crippen molar-refractivity contribution < 1.29 is 67.1 Å². The normalized spacial score (nSPS) is 41.3. The van der Waals surface area contributed by atoms with Gasteiger partial charge in [0.25, 0.3) is 11.7 Å². The Morgan fingerprint density at radius 2 is 1.63 bits per heavy atom. The maximum absolute atomic E-state index is 14.4. The summed E-state index contributed by atoms with van der Waals surface area (Å²) in [7, 11) is 0.190. The molecule has 1 amide bonds. The summed E-state index contributed by atoms with van der Waals surface area (Å²) in [5.74, 6) is -8.86. The standard InChI is InChI=1S/C51H79NO13/c1-30-16-12-11-13-17-31(2)42(61-8)28-38-21-19-36(7)51(60,65-38)48(57)49(58)52-23-15-14-18-39(52)50(59)64-43(33(4)26-37-20-22-40(53)44(27-37)62-9)29-41(54)32(3)25-35(6)46(56)47(63-10)45(55)34(5)24-30/h11-13,16-17,25,30,32-34,36-40,42-44,46-47,53,56,60H,14-15,18-24,26-29H2,1-10H3/b13-11+,16-12+,31-17+,35-25+/t30-,32-,33-,34-,36-,37+,38+,39+,40-,42+,43+,44-,46-,47+,51-/m1/s1/i9D3. The third-order valence-corrected chi connectivity index (χ3v) is 14.3. The molecule has 0 aromatic carbocycles. The van der Waals surface area contributed by atoms with Crippen LogP contribution in [0, 0.1) is 35.5 Å². The van der Waals surface area contributed by atoms with Crippen molar-refractivity contribution in [2.75, 3.05) is 27.8 Å². The number of aliphatic hydroxyl groups is 3. The SMILES string of the molecule is [2H]C([2H])([2H])O[C@@H]1C[C@H](C[C@@H](C)[C@@H]2CC(=O)[C@H](C)/C=C(\C)[C@@H](O)[C@@H](OC)C(=O)[C@H](C)C[C@H](C)/C=C/C=C/C=C(\C)[C@@H](OC)C[C@@H]3CC[C@@H](C)[C@@](O)(O3)C(=O)C(=O)N3CCCC[C@H]3C(=O)O2)CC[C@H]1O. The van der Waals surface area contributed by atoms with Gasteiger partial charge in [-0.25, -0.2) is 4.79 Å².